The van der Waals surface area contributed by atoms with Gasteiger partial charge in [-0.1, -0.05) is 48.6 Å². The normalized spacial score (nSPS) is 25.7. The molecule has 1 fully saturated rings. The molecule has 4 heteroatoms. The van der Waals surface area contributed by atoms with Crippen LogP contribution in [0, 0.1) is 0 Å². The van der Waals surface area contributed by atoms with Crippen LogP contribution in [0.3, 0.4) is 0 Å². The molecule has 29 heavy (non-hydrogen) atoms. The SMILES string of the molecule is C[C@]1(O)C[C@@H](c2ccc(-c3nc(-c4cccnc4)sc3C3C=CC=CC3)cc2)C1. The molecule has 1 aromatic carbocycles. The van der Waals surface area contributed by atoms with Crippen LogP contribution in [-0.4, -0.2) is 20.7 Å². The van der Waals surface area contributed by atoms with Crippen LogP contribution < -0.4 is 0 Å². The van der Waals surface area contributed by atoms with Crippen molar-refractivity contribution < 1.29 is 5.11 Å². The fourth-order valence-electron chi connectivity index (χ4n) is 4.33. The summed E-state index contributed by atoms with van der Waals surface area (Å²) in [5.41, 5.74) is 4.11. The number of hydrogen-bond donors (Lipinski definition) is 1. The van der Waals surface area contributed by atoms with Gasteiger partial charge in [-0.05, 0) is 49.8 Å². The first kappa shape index (κ1) is 18.5. The zero-order valence-corrected chi connectivity index (χ0v) is 17.3. The van der Waals surface area contributed by atoms with Crippen molar-refractivity contribution in [3.63, 3.8) is 0 Å². The standard InChI is InChI=1S/C25H24N2OS/c1-25(28)14-21(15-25)17-9-11-18(12-10-17)22-23(19-6-3-2-4-7-19)29-24(27-22)20-8-5-13-26-16-20/h2-6,8-13,16,19,21,28H,7,14-15H2,1H3/t19?,21-,25+. The van der Waals surface area contributed by atoms with E-state index in [1.807, 2.05) is 19.2 Å². The third-order valence-corrected chi connectivity index (χ3v) is 7.14. The molecule has 3 nitrogen and oxygen atoms in total. The molecule has 5 rings (SSSR count). The summed E-state index contributed by atoms with van der Waals surface area (Å²) < 4.78 is 0. The Morgan fingerprint density at radius 3 is 2.55 bits per heavy atom. The minimum absolute atomic E-state index is 0.360. The van der Waals surface area contributed by atoms with Crippen molar-refractivity contribution in [1.29, 1.82) is 0 Å². The van der Waals surface area contributed by atoms with E-state index in [2.05, 4.69) is 59.6 Å². The quantitative estimate of drug-likeness (QED) is 0.575. The molecule has 3 aromatic rings. The van der Waals surface area contributed by atoms with Crippen molar-refractivity contribution in [2.75, 3.05) is 0 Å². The lowest BCUT2D eigenvalue weighted by atomic mass is 9.69. The molecule has 1 N–H and O–H groups in total. The number of aliphatic hydroxyl groups is 1. The van der Waals surface area contributed by atoms with Gasteiger partial charge in [0.2, 0.25) is 0 Å². The number of allylic oxidation sites excluding steroid dienone is 4. The van der Waals surface area contributed by atoms with Crippen molar-refractivity contribution in [2.24, 2.45) is 0 Å². The summed E-state index contributed by atoms with van der Waals surface area (Å²) >= 11 is 1.77. The number of hydrogen-bond acceptors (Lipinski definition) is 4. The molecule has 2 aromatic heterocycles. The van der Waals surface area contributed by atoms with Gasteiger partial charge in [-0.15, -0.1) is 11.3 Å². The van der Waals surface area contributed by atoms with Gasteiger partial charge in [0.15, 0.2) is 0 Å². The van der Waals surface area contributed by atoms with Crippen molar-refractivity contribution in [3.05, 3.63) is 83.5 Å². The third kappa shape index (κ3) is 3.70. The van der Waals surface area contributed by atoms with Crippen LogP contribution in [0.4, 0.5) is 0 Å². The summed E-state index contributed by atoms with van der Waals surface area (Å²) in [4.78, 5) is 10.6. The first-order valence-electron chi connectivity index (χ1n) is 10.2. The molecule has 0 amide bonds. The first-order valence-corrected chi connectivity index (χ1v) is 11.0. The predicted octanol–water partition coefficient (Wildman–Crippen LogP) is 6.10. The van der Waals surface area contributed by atoms with E-state index in [0.29, 0.717) is 11.8 Å². The summed E-state index contributed by atoms with van der Waals surface area (Å²) in [7, 11) is 0. The highest BCUT2D eigenvalue weighted by atomic mass is 32.1. The van der Waals surface area contributed by atoms with Crippen LogP contribution in [0.1, 0.15) is 48.5 Å². The summed E-state index contributed by atoms with van der Waals surface area (Å²) in [5.74, 6) is 0.825. The smallest absolute Gasteiger partial charge is 0.125 e. The van der Waals surface area contributed by atoms with Gasteiger partial charge in [0.1, 0.15) is 5.01 Å². The van der Waals surface area contributed by atoms with E-state index in [1.54, 1.807) is 17.5 Å². The molecule has 0 bridgehead atoms. The van der Waals surface area contributed by atoms with Crippen LogP contribution in [0.15, 0.2) is 73.1 Å². The van der Waals surface area contributed by atoms with Crippen LogP contribution in [0.5, 0.6) is 0 Å². The number of nitrogens with zero attached hydrogens (tertiary/aromatic N) is 2. The second kappa shape index (κ2) is 7.36. The van der Waals surface area contributed by atoms with E-state index in [1.165, 1.54) is 10.4 Å². The van der Waals surface area contributed by atoms with E-state index in [9.17, 15) is 5.11 Å². The van der Waals surface area contributed by atoms with E-state index in [0.717, 1.165) is 41.1 Å². The van der Waals surface area contributed by atoms with E-state index in [-0.39, 0.29) is 0 Å². The fourth-order valence-corrected chi connectivity index (χ4v) is 5.50. The molecule has 0 radical (unpaired) electrons. The maximum atomic E-state index is 10.0. The molecule has 1 atom stereocenters. The van der Waals surface area contributed by atoms with E-state index >= 15 is 0 Å². The minimum atomic E-state index is -0.495. The molecule has 1 unspecified atom stereocenters. The Hall–Kier alpha value is -2.56. The van der Waals surface area contributed by atoms with Gasteiger partial charge < -0.3 is 5.11 Å². The summed E-state index contributed by atoms with van der Waals surface area (Å²) in [6.07, 6.45) is 15.1. The largest absolute Gasteiger partial charge is 0.390 e. The van der Waals surface area contributed by atoms with Crippen molar-refractivity contribution in [2.45, 2.75) is 43.6 Å². The number of rotatable bonds is 4. The maximum absolute atomic E-state index is 10.0. The Morgan fingerprint density at radius 1 is 1.07 bits per heavy atom. The van der Waals surface area contributed by atoms with E-state index < -0.39 is 5.60 Å². The Morgan fingerprint density at radius 2 is 1.90 bits per heavy atom. The Labute approximate surface area is 175 Å². The maximum Gasteiger partial charge on any atom is 0.125 e. The molecular formula is C25H24N2OS. The summed E-state index contributed by atoms with van der Waals surface area (Å²) in [6, 6.07) is 12.8. The van der Waals surface area contributed by atoms with Crippen molar-refractivity contribution >= 4 is 11.3 Å². The Kier molecular flexibility index (Phi) is 4.69. The molecule has 146 valence electrons. The van der Waals surface area contributed by atoms with Gasteiger partial charge >= 0.3 is 0 Å². The average molecular weight is 401 g/mol. The fraction of sp³-hybridized carbons (Fsp3) is 0.280. The summed E-state index contributed by atoms with van der Waals surface area (Å²) in [6.45, 7) is 1.92. The number of benzene rings is 1. The molecule has 0 saturated heterocycles. The minimum Gasteiger partial charge on any atom is -0.390 e. The van der Waals surface area contributed by atoms with Gasteiger partial charge in [0, 0.05) is 34.3 Å². The van der Waals surface area contributed by atoms with Gasteiger partial charge in [-0.25, -0.2) is 4.98 Å². The molecule has 2 aliphatic rings. The molecule has 0 aliphatic heterocycles. The van der Waals surface area contributed by atoms with Gasteiger partial charge in [0.05, 0.1) is 11.3 Å². The van der Waals surface area contributed by atoms with Crippen LogP contribution in [-0.2, 0) is 0 Å². The zero-order chi connectivity index (χ0) is 19.8. The van der Waals surface area contributed by atoms with Crippen molar-refractivity contribution in [1.82, 2.24) is 9.97 Å². The molecule has 2 aliphatic carbocycles. The summed E-state index contributed by atoms with van der Waals surface area (Å²) in [5, 5.41) is 11.1. The van der Waals surface area contributed by atoms with Crippen molar-refractivity contribution in [3.8, 4) is 21.8 Å². The number of pyridine rings is 1. The van der Waals surface area contributed by atoms with Crippen LogP contribution in [0.2, 0.25) is 0 Å². The second-order valence-corrected chi connectivity index (χ2v) is 9.38. The van der Waals surface area contributed by atoms with Gasteiger partial charge in [0.25, 0.3) is 0 Å². The lowest BCUT2D eigenvalue weighted by molar-refractivity contribution is -0.0313. The zero-order valence-electron chi connectivity index (χ0n) is 16.5. The van der Waals surface area contributed by atoms with E-state index in [4.69, 9.17) is 4.98 Å². The molecular weight excluding hydrogens is 376 g/mol. The highest BCUT2D eigenvalue weighted by molar-refractivity contribution is 7.15. The highest BCUT2D eigenvalue weighted by Crippen LogP contribution is 2.45. The third-order valence-electron chi connectivity index (χ3n) is 5.91. The predicted molar refractivity (Wildman–Crippen MR) is 119 cm³/mol. The average Bonchev–Trinajstić information content (AvgIpc) is 3.19. The van der Waals surface area contributed by atoms with Crippen LogP contribution >= 0.6 is 11.3 Å². The number of thiazole rings is 1. The second-order valence-electron chi connectivity index (χ2n) is 8.35. The monoisotopic (exact) mass is 400 g/mol. The molecule has 0 spiro atoms. The van der Waals surface area contributed by atoms with Crippen LogP contribution in [0.25, 0.3) is 21.8 Å². The Balaban J connectivity index is 1.50. The highest BCUT2D eigenvalue weighted by Gasteiger charge is 2.38. The topological polar surface area (TPSA) is 46.0 Å². The van der Waals surface area contributed by atoms with Gasteiger partial charge in [-0.3, -0.25) is 4.98 Å². The lowest BCUT2D eigenvalue weighted by Crippen LogP contribution is -2.39. The van der Waals surface area contributed by atoms with Gasteiger partial charge in [-0.2, -0.15) is 0 Å². The lowest BCUT2D eigenvalue weighted by Gasteiger charge is -2.41. The first-order chi connectivity index (χ1) is 14.1. The molecule has 1 saturated carbocycles. The number of aromatic nitrogens is 2. The molecule has 2 heterocycles. The Bertz CT molecular complexity index is 1060.